The van der Waals surface area contributed by atoms with Gasteiger partial charge in [-0.05, 0) is 31.2 Å². The van der Waals surface area contributed by atoms with Gasteiger partial charge in [-0.3, -0.25) is 0 Å². The van der Waals surface area contributed by atoms with E-state index in [2.05, 4.69) is 4.98 Å². The first-order valence-electron chi connectivity index (χ1n) is 7.62. The third-order valence-electron chi connectivity index (χ3n) is 3.95. The Morgan fingerprint density at radius 2 is 1.68 bits per heavy atom. The van der Waals surface area contributed by atoms with Gasteiger partial charge in [0.1, 0.15) is 0 Å². The summed E-state index contributed by atoms with van der Waals surface area (Å²) in [7, 11) is -2.84. The van der Waals surface area contributed by atoms with Crippen molar-refractivity contribution in [1.82, 2.24) is 4.98 Å². The Bertz CT molecular complexity index is 1060. The van der Waals surface area contributed by atoms with Crippen molar-refractivity contribution >= 4 is 32.8 Å². The van der Waals surface area contributed by atoms with Crippen molar-refractivity contribution in [3.63, 3.8) is 0 Å². The lowest BCUT2D eigenvalue weighted by atomic mass is 10.1. The van der Waals surface area contributed by atoms with E-state index in [0.717, 1.165) is 16.6 Å². The summed E-state index contributed by atoms with van der Waals surface area (Å²) in [4.78, 5) is 15.1. The molecular formula is C19H17NO4S. The van der Waals surface area contributed by atoms with Crippen LogP contribution in [0.1, 0.15) is 11.3 Å². The molecule has 0 saturated carbocycles. The largest absolute Gasteiger partial charge is 0.465 e. The summed E-state index contributed by atoms with van der Waals surface area (Å²) in [6, 6.07) is 15.3. The standard InChI is InChI=1S/C19H17NO4S/c1-13-16(15-10-6-7-11-17(15)20-13)12-18(19(21)24-2)25(22,23)14-8-4-3-5-9-14/h3-12,20H,1-2H3/b18-12-. The average molecular weight is 355 g/mol. The molecule has 0 spiro atoms. The predicted molar refractivity (Wildman–Crippen MR) is 96.7 cm³/mol. The van der Waals surface area contributed by atoms with Gasteiger partial charge in [0.2, 0.25) is 9.84 Å². The number of carbonyl (C=O) groups excluding carboxylic acids is 1. The number of fused-ring (bicyclic) bond motifs is 1. The number of esters is 1. The average Bonchev–Trinajstić information content (AvgIpc) is 2.94. The molecule has 0 aliphatic heterocycles. The van der Waals surface area contributed by atoms with Gasteiger partial charge >= 0.3 is 5.97 Å². The number of aromatic nitrogens is 1. The van der Waals surface area contributed by atoms with E-state index in [4.69, 9.17) is 4.74 Å². The van der Waals surface area contributed by atoms with Gasteiger partial charge < -0.3 is 9.72 Å². The summed E-state index contributed by atoms with van der Waals surface area (Å²) >= 11 is 0. The first-order chi connectivity index (χ1) is 11.9. The van der Waals surface area contributed by atoms with Gasteiger partial charge in [0, 0.05) is 22.2 Å². The molecule has 0 aliphatic rings. The number of para-hydroxylation sites is 1. The lowest BCUT2D eigenvalue weighted by Crippen LogP contribution is -2.15. The minimum absolute atomic E-state index is 0.0455. The van der Waals surface area contributed by atoms with Crippen molar-refractivity contribution in [2.75, 3.05) is 7.11 Å². The third-order valence-corrected chi connectivity index (χ3v) is 5.70. The number of hydrogen-bond donors (Lipinski definition) is 1. The highest BCUT2D eigenvalue weighted by Gasteiger charge is 2.28. The molecule has 128 valence electrons. The van der Waals surface area contributed by atoms with Crippen molar-refractivity contribution in [2.45, 2.75) is 11.8 Å². The molecule has 6 heteroatoms. The number of rotatable bonds is 4. The monoisotopic (exact) mass is 355 g/mol. The van der Waals surface area contributed by atoms with Crippen LogP contribution >= 0.6 is 0 Å². The van der Waals surface area contributed by atoms with Gasteiger partial charge in [-0.15, -0.1) is 0 Å². The number of sulfone groups is 1. The van der Waals surface area contributed by atoms with Gasteiger partial charge in [-0.25, -0.2) is 13.2 Å². The molecule has 25 heavy (non-hydrogen) atoms. The zero-order valence-corrected chi connectivity index (χ0v) is 14.6. The molecule has 3 rings (SSSR count). The summed E-state index contributed by atoms with van der Waals surface area (Å²) < 4.78 is 30.6. The SMILES string of the molecule is COC(=O)/C(=C/c1c(C)[nH]c2ccccc12)S(=O)(=O)c1ccccc1. The molecule has 1 aromatic heterocycles. The molecular weight excluding hydrogens is 338 g/mol. The number of benzene rings is 2. The first kappa shape index (κ1) is 17.0. The number of H-pyrrole nitrogens is 1. The van der Waals surface area contributed by atoms with E-state index >= 15 is 0 Å². The van der Waals surface area contributed by atoms with Crippen LogP contribution in [0.4, 0.5) is 0 Å². The Balaban J connectivity index is 2.25. The van der Waals surface area contributed by atoms with Gasteiger partial charge in [-0.1, -0.05) is 36.4 Å². The van der Waals surface area contributed by atoms with Crippen LogP contribution in [0.15, 0.2) is 64.4 Å². The van der Waals surface area contributed by atoms with Crippen molar-refractivity contribution < 1.29 is 17.9 Å². The fourth-order valence-corrected chi connectivity index (χ4v) is 4.03. The van der Waals surface area contributed by atoms with Crippen LogP contribution in [0.2, 0.25) is 0 Å². The molecule has 0 aliphatic carbocycles. The summed E-state index contributed by atoms with van der Waals surface area (Å²) in [5.41, 5.74) is 2.29. The van der Waals surface area contributed by atoms with Crippen LogP contribution < -0.4 is 0 Å². The highest BCUT2D eigenvalue weighted by atomic mass is 32.2. The summed E-state index contributed by atoms with van der Waals surface area (Å²) in [6.45, 7) is 1.83. The van der Waals surface area contributed by atoms with Crippen LogP contribution in [0.25, 0.3) is 17.0 Å². The molecule has 0 saturated heterocycles. The Morgan fingerprint density at radius 3 is 2.36 bits per heavy atom. The fraction of sp³-hybridized carbons (Fsp3) is 0.105. The second kappa shape index (κ2) is 6.57. The van der Waals surface area contributed by atoms with Gasteiger partial charge in [0.05, 0.1) is 12.0 Å². The summed E-state index contributed by atoms with van der Waals surface area (Å²) in [5, 5.41) is 0.838. The number of hydrogen-bond acceptors (Lipinski definition) is 4. The molecule has 0 atom stereocenters. The Labute approximate surface area is 145 Å². The van der Waals surface area contributed by atoms with Crippen molar-refractivity contribution in [3.8, 4) is 0 Å². The number of aromatic amines is 1. The Kier molecular flexibility index (Phi) is 4.46. The van der Waals surface area contributed by atoms with E-state index < -0.39 is 20.7 Å². The quantitative estimate of drug-likeness (QED) is 0.574. The van der Waals surface area contributed by atoms with E-state index in [0.29, 0.717) is 5.56 Å². The minimum Gasteiger partial charge on any atom is -0.465 e. The molecule has 0 bridgehead atoms. The van der Waals surface area contributed by atoms with Crippen molar-refractivity contribution in [1.29, 1.82) is 0 Å². The van der Waals surface area contributed by atoms with E-state index in [1.54, 1.807) is 18.2 Å². The van der Waals surface area contributed by atoms with Crippen LogP contribution in [-0.2, 0) is 19.4 Å². The van der Waals surface area contributed by atoms with Crippen LogP contribution in [0.5, 0.6) is 0 Å². The number of aryl methyl sites for hydroxylation is 1. The molecule has 0 amide bonds. The van der Waals surface area contributed by atoms with E-state index in [1.807, 2.05) is 31.2 Å². The maximum Gasteiger partial charge on any atom is 0.349 e. The number of methoxy groups -OCH3 is 1. The second-order valence-electron chi connectivity index (χ2n) is 5.53. The topological polar surface area (TPSA) is 76.2 Å². The maximum atomic E-state index is 12.9. The molecule has 1 N–H and O–H groups in total. The smallest absolute Gasteiger partial charge is 0.349 e. The van der Waals surface area contributed by atoms with Crippen molar-refractivity contribution in [3.05, 3.63) is 70.8 Å². The molecule has 0 unspecified atom stereocenters. The van der Waals surface area contributed by atoms with E-state index in [9.17, 15) is 13.2 Å². The normalized spacial score (nSPS) is 12.3. The van der Waals surface area contributed by atoms with Gasteiger partial charge in [0.15, 0.2) is 4.91 Å². The molecule has 3 aromatic rings. The maximum absolute atomic E-state index is 12.9. The zero-order valence-electron chi connectivity index (χ0n) is 13.8. The predicted octanol–water partition coefficient (Wildman–Crippen LogP) is 3.46. The van der Waals surface area contributed by atoms with E-state index in [1.165, 1.54) is 25.3 Å². The Hall–Kier alpha value is -2.86. The highest BCUT2D eigenvalue weighted by molar-refractivity contribution is 7.96. The zero-order chi connectivity index (χ0) is 18.0. The molecule has 2 aromatic carbocycles. The highest BCUT2D eigenvalue weighted by Crippen LogP contribution is 2.28. The van der Waals surface area contributed by atoms with Crippen LogP contribution in [0, 0.1) is 6.92 Å². The lowest BCUT2D eigenvalue weighted by molar-refractivity contribution is -0.135. The molecule has 5 nitrogen and oxygen atoms in total. The molecule has 0 radical (unpaired) electrons. The number of carbonyl (C=O) groups is 1. The lowest BCUT2D eigenvalue weighted by Gasteiger charge is -2.08. The van der Waals surface area contributed by atoms with Crippen LogP contribution in [0.3, 0.4) is 0 Å². The minimum atomic E-state index is -4.00. The van der Waals surface area contributed by atoms with E-state index in [-0.39, 0.29) is 4.90 Å². The first-order valence-corrected chi connectivity index (χ1v) is 9.11. The van der Waals surface area contributed by atoms with Crippen LogP contribution in [-0.4, -0.2) is 26.5 Å². The van der Waals surface area contributed by atoms with Gasteiger partial charge in [-0.2, -0.15) is 0 Å². The second-order valence-corrected chi connectivity index (χ2v) is 7.44. The van der Waals surface area contributed by atoms with Gasteiger partial charge in [0.25, 0.3) is 0 Å². The Morgan fingerprint density at radius 1 is 1.04 bits per heavy atom. The summed E-state index contributed by atoms with van der Waals surface area (Å²) in [5.74, 6) is -0.895. The fourth-order valence-electron chi connectivity index (χ4n) is 2.69. The third kappa shape index (κ3) is 3.08. The molecule has 0 fully saturated rings. The van der Waals surface area contributed by atoms with Crippen molar-refractivity contribution in [2.24, 2.45) is 0 Å². The molecule has 1 heterocycles. The number of nitrogens with one attached hydrogen (secondary N) is 1. The number of ether oxygens (including phenoxy) is 1. The summed E-state index contributed by atoms with van der Waals surface area (Å²) in [6.07, 6.45) is 1.38.